The quantitative estimate of drug-likeness (QED) is 0.300. The van der Waals surface area contributed by atoms with Crippen LogP contribution in [0.15, 0.2) is 52.9 Å². The molecule has 3 rings (SSSR count). The molecule has 3 aromatic rings. The van der Waals surface area contributed by atoms with Gasteiger partial charge in [-0.1, -0.05) is 30.0 Å². The Labute approximate surface area is 153 Å². The van der Waals surface area contributed by atoms with Crippen molar-refractivity contribution in [3.05, 3.63) is 65.5 Å². The second-order valence-corrected chi connectivity index (χ2v) is 7.56. The molecule has 5 nitrogen and oxygen atoms in total. The predicted molar refractivity (Wildman–Crippen MR) is 97.4 cm³/mol. The van der Waals surface area contributed by atoms with Gasteiger partial charge in [0.1, 0.15) is 0 Å². The molecule has 0 aliphatic heterocycles. The normalized spacial score (nSPS) is 11.3. The van der Waals surface area contributed by atoms with Crippen LogP contribution in [-0.2, 0) is 16.7 Å². The summed E-state index contributed by atoms with van der Waals surface area (Å²) in [5.41, 5.74) is 3.48. The van der Waals surface area contributed by atoms with Crippen molar-refractivity contribution in [2.24, 2.45) is 0 Å². The summed E-state index contributed by atoms with van der Waals surface area (Å²) < 4.78 is 39.9. The van der Waals surface area contributed by atoms with Crippen molar-refractivity contribution in [2.45, 2.75) is 26.3 Å². The Hall–Kier alpha value is -2.62. The van der Waals surface area contributed by atoms with Crippen molar-refractivity contribution < 1.29 is 22.0 Å². The minimum absolute atomic E-state index is 0.332. The summed E-state index contributed by atoms with van der Waals surface area (Å²) in [6, 6.07) is 15.5. The van der Waals surface area contributed by atoms with E-state index in [-0.39, 0.29) is 5.75 Å². The van der Waals surface area contributed by atoms with Crippen LogP contribution in [0.5, 0.6) is 0 Å². The number of aromatic nitrogens is 1. The Kier molecular flexibility index (Phi) is 5.40. The van der Waals surface area contributed by atoms with E-state index in [2.05, 4.69) is 11.8 Å². The largest absolute Gasteiger partial charge is 0.748 e. The Bertz CT molecular complexity index is 1070. The van der Waals surface area contributed by atoms with Gasteiger partial charge in [-0.15, -0.1) is 0 Å². The molecule has 0 N–H and O–H groups in total. The smallest absolute Gasteiger partial charge is 0.344 e. The summed E-state index contributed by atoms with van der Waals surface area (Å²) in [4.78, 5) is 0. The van der Waals surface area contributed by atoms with Gasteiger partial charge in [0.05, 0.1) is 17.0 Å². The fraction of sp³-hybridized carbons (Fsp3) is 0.250. The van der Waals surface area contributed by atoms with E-state index >= 15 is 0 Å². The van der Waals surface area contributed by atoms with Gasteiger partial charge in [-0.2, -0.15) is 4.57 Å². The number of rotatable bonds is 5. The average molecular weight is 369 g/mol. The Morgan fingerprint density at radius 2 is 1.77 bits per heavy atom. The van der Waals surface area contributed by atoms with Gasteiger partial charge in [0.25, 0.3) is 5.52 Å². The van der Waals surface area contributed by atoms with E-state index in [4.69, 9.17) is 4.42 Å². The number of benzene rings is 2. The average Bonchev–Trinajstić information content (AvgIpc) is 2.92. The summed E-state index contributed by atoms with van der Waals surface area (Å²) in [5.74, 6) is 6.68. The molecule has 0 unspecified atom stereocenters. The fourth-order valence-electron chi connectivity index (χ4n) is 2.77. The molecule has 0 amide bonds. The van der Waals surface area contributed by atoms with Crippen LogP contribution >= 0.6 is 0 Å². The third-order valence-corrected chi connectivity index (χ3v) is 4.83. The van der Waals surface area contributed by atoms with Crippen LogP contribution in [0.4, 0.5) is 0 Å². The molecule has 134 valence electrons. The maximum atomic E-state index is 10.7. The SMILES string of the molecule is Cc1oc2ccc(C#Cc3ccccc3)cc2[n+]1CCCCS(=O)(=O)[O-]. The molecule has 2 aromatic carbocycles. The second kappa shape index (κ2) is 7.73. The number of unbranched alkanes of at least 4 members (excludes halogenated alkanes) is 1. The van der Waals surface area contributed by atoms with Crippen molar-refractivity contribution in [2.75, 3.05) is 5.75 Å². The van der Waals surface area contributed by atoms with Gasteiger partial charge in [0.2, 0.25) is 5.58 Å². The Morgan fingerprint density at radius 1 is 1.04 bits per heavy atom. The second-order valence-electron chi connectivity index (χ2n) is 6.04. The molecule has 0 spiro atoms. The molecule has 1 aromatic heterocycles. The highest BCUT2D eigenvalue weighted by atomic mass is 32.2. The molecular weight excluding hydrogens is 350 g/mol. The molecule has 26 heavy (non-hydrogen) atoms. The summed E-state index contributed by atoms with van der Waals surface area (Å²) >= 11 is 0. The van der Waals surface area contributed by atoms with E-state index in [1.807, 2.05) is 60.0 Å². The zero-order valence-electron chi connectivity index (χ0n) is 14.4. The van der Waals surface area contributed by atoms with E-state index in [0.717, 1.165) is 28.1 Å². The number of oxazole rings is 1. The highest BCUT2D eigenvalue weighted by Crippen LogP contribution is 2.16. The van der Waals surface area contributed by atoms with Crippen LogP contribution in [0, 0.1) is 18.8 Å². The lowest BCUT2D eigenvalue weighted by molar-refractivity contribution is -0.683. The van der Waals surface area contributed by atoms with Crippen LogP contribution < -0.4 is 4.57 Å². The zero-order valence-corrected chi connectivity index (χ0v) is 15.3. The van der Waals surface area contributed by atoms with E-state index in [1.165, 1.54) is 0 Å². The third-order valence-electron chi connectivity index (χ3n) is 4.04. The first kappa shape index (κ1) is 18.2. The summed E-state index contributed by atoms with van der Waals surface area (Å²) in [5, 5.41) is 0. The molecule has 0 saturated heterocycles. The number of nitrogens with zero attached hydrogens (tertiary/aromatic N) is 1. The number of hydrogen-bond acceptors (Lipinski definition) is 4. The van der Waals surface area contributed by atoms with Gasteiger partial charge in [0, 0.05) is 29.4 Å². The summed E-state index contributed by atoms with van der Waals surface area (Å²) in [6.45, 7) is 2.45. The monoisotopic (exact) mass is 369 g/mol. The van der Waals surface area contributed by atoms with Crippen molar-refractivity contribution in [3.63, 3.8) is 0 Å². The van der Waals surface area contributed by atoms with Crippen LogP contribution in [0.3, 0.4) is 0 Å². The minimum atomic E-state index is -4.16. The van der Waals surface area contributed by atoms with E-state index in [9.17, 15) is 13.0 Å². The number of aryl methyl sites for hydroxylation is 2. The van der Waals surface area contributed by atoms with Crippen molar-refractivity contribution in [1.29, 1.82) is 0 Å². The minimum Gasteiger partial charge on any atom is -0.748 e. The number of hydrogen-bond donors (Lipinski definition) is 0. The molecule has 0 atom stereocenters. The predicted octanol–water partition coefficient (Wildman–Crippen LogP) is 2.75. The maximum absolute atomic E-state index is 10.7. The fourth-order valence-corrected chi connectivity index (χ4v) is 3.33. The standard InChI is InChI=1S/C20H19NO4S/c1-16-21(13-5-6-14-26(22,23)24)19-15-18(11-12-20(19)25-16)10-9-17-7-3-2-4-8-17/h2-4,7-8,11-12,15H,5-6,13-14H2,1H3. The van der Waals surface area contributed by atoms with Gasteiger partial charge in [0.15, 0.2) is 6.54 Å². The zero-order chi connectivity index (χ0) is 18.6. The molecule has 6 heteroatoms. The topological polar surface area (TPSA) is 74.2 Å². The summed E-state index contributed by atoms with van der Waals surface area (Å²) in [6.07, 6.45) is 0.917. The molecule has 0 fully saturated rings. The molecule has 0 bridgehead atoms. The molecule has 0 radical (unpaired) electrons. The lowest BCUT2D eigenvalue weighted by atomic mass is 10.1. The molecular formula is C20H19NO4S. The van der Waals surface area contributed by atoms with Gasteiger partial charge >= 0.3 is 5.89 Å². The van der Waals surface area contributed by atoms with E-state index in [0.29, 0.717) is 19.4 Å². The highest BCUT2D eigenvalue weighted by Gasteiger charge is 2.18. The van der Waals surface area contributed by atoms with Crippen LogP contribution in [0.25, 0.3) is 11.1 Å². The van der Waals surface area contributed by atoms with Crippen molar-refractivity contribution >= 4 is 21.2 Å². The van der Waals surface area contributed by atoms with Crippen LogP contribution in [-0.4, -0.2) is 18.7 Å². The first-order chi connectivity index (χ1) is 12.4. The van der Waals surface area contributed by atoms with Crippen LogP contribution in [0.2, 0.25) is 0 Å². The Balaban J connectivity index is 1.81. The first-order valence-corrected chi connectivity index (χ1v) is 9.94. The molecule has 0 aliphatic carbocycles. The third kappa shape index (κ3) is 4.72. The molecule has 1 heterocycles. The first-order valence-electron chi connectivity index (χ1n) is 8.36. The van der Waals surface area contributed by atoms with Gasteiger partial charge in [-0.25, -0.2) is 8.42 Å². The van der Waals surface area contributed by atoms with Crippen LogP contribution in [0.1, 0.15) is 29.9 Å². The van der Waals surface area contributed by atoms with E-state index in [1.54, 1.807) is 0 Å². The van der Waals surface area contributed by atoms with Crippen molar-refractivity contribution in [3.8, 4) is 11.8 Å². The van der Waals surface area contributed by atoms with Crippen molar-refractivity contribution in [1.82, 2.24) is 0 Å². The number of fused-ring (bicyclic) bond motifs is 1. The lowest BCUT2D eigenvalue weighted by Gasteiger charge is -2.04. The highest BCUT2D eigenvalue weighted by molar-refractivity contribution is 7.85. The van der Waals surface area contributed by atoms with Gasteiger partial charge in [-0.3, -0.25) is 0 Å². The molecule has 0 saturated carbocycles. The molecule has 0 aliphatic rings. The summed E-state index contributed by atoms with van der Waals surface area (Å²) in [7, 11) is -4.16. The lowest BCUT2D eigenvalue weighted by Crippen LogP contribution is -2.35. The van der Waals surface area contributed by atoms with E-state index < -0.39 is 10.1 Å². The van der Waals surface area contributed by atoms with Gasteiger partial charge < -0.3 is 8.97 Å². The maximum Gasteiger partial charge on any atom is 0.344 e. The Morgan fingerprint density at radius 3 is 2.50 bits per heavy atom. The van der Waals surface area contributed by atoms with Gasteiger partial charge in [-0.05, 0) is 30.7 Å².